The van der Waals surface area contributed by atoms with Gasteiger partial charge in [-0.2, -0.15) is 0 Å². The Morgan fingerprint density at radius 1 is 1.00 bits per heavy atom. The van der Waals surface area contributed by atoms with Gasteiger partial charge in [-0.15, -0.1) is 0 Å². The first-order valence-corrected chi connectivity index (χ1v) is 5.89. The van der Waals surface area contributed by atoms with Gasteiger partial charge in [-0.1, -0.05) is 24.3 Å². The molecule has 0 aliphatic heterocycles. The minimum Gasteiger partial charge on any atom is -0.497 e. The second-order valence-electron chi connectivity index (χ2n) is 4.11. The Balaban J connectivity index is 2.35. The van der Waals surface area contributed by atoms with Crippen LogP contribution in [0.1, 0.15) is 17.2 Å². The van der Waals surface area contributed by atoms with Gasteiger partial charge in [0.2, 0.25) is 0 Å². The molecular weight excluding hydrogens is 245 g/mol. The monoisotopic (exact) mass is 261 g/mol. The van der Waals surface area contributed by atoms with E-state index in [2.05, 4.69) is 0 Å². The van der Waals surface area contributed by atoms with Crippen molar-refractivity contribution in [2.45, 2.75) is 6.04 Å². The van der Waals surface area contributed by atoms with E-state index in [1.54, 1.807) is 37.4 Å². The predicted octanol–water partition coefficient (Wildman–Crippen LogP) is 2.89. The quantitative estimate of drug-likeness (QED) is 0.920. The van der Waals surface area contributed by atoms with Gasteiger partial charge in [-0.05, 0) is 23.8 Å². The fourth-order valence-electron chi connectivity index (χ4n) is 1.92. The lowest BCUT2D eigenvalue weighted by Gasteiger charge is -2.15. The SMILES string of the molecule is COc1ccc(C(N)c2cccc(OC)c2F)cc1. The van der Waals surface area contributed by atoms with E-state index < -0.39 is 11.9 Å². The molecule has 0 fully saturated rings. The molecular formula is C15H16FNO2. The number of hydrogen-bond donors (Lipinski definition) is 1. The summed E-state index contributed by atoms with van der Waals surface area (Å²) in [4.78, 5) is 0. The Labute approximate surface area is 111 Å². The van der Waals surface area contributed by atoms with Gasteiger partial charge < -0.3 is 15.2 Å². The van der Waals surface area contributed by atoms with Crippen molar-refractivity contribution in [3.8, 4) is 11.5 Å². The van der Waals surface area contributed by atoms with E-state index >= 15 is 0 Å². The van der Waals surface area contributed by atoms with Crippen LogP contribution in [0.4, 0.5) is 4.39 Å². The first-order chi connectivity index (χ1) is 9.17. The molecule has 0 spiro atoms. The second-order valence-corrected chi connectivity index (χ2v) is 4.11. The molecule has 1 atom stereocenters. The van der Waals surface area contributed by atoms with Gasteiger partial charge in [0.05, 0.1) is 20.3 Å². The van der Waals surface area contributed by atoms with E-state index in [-0.39, 0.29) is 5.75 Å². The van der Waals surface area contributed by atoms with E-state index in [1.807, 2.05) is 12.1 Å². The molecule has 4 heteroatoms. The standard InChI is InChI=1S/C15H16FNO2/c1-18-11-8-6-10(7-9-11)15(17)12-4-3-5-13(19-2)14(12)16/h3-9,15H,17H2,1-2H3. The summed E-state index contributed by atoms with van der Waals surface area (Å²) in [7, 11) is 3.03. The summed E-state index contributed by atoms with van der Waals surface area (Å²) in [5.74, 6) is 0.511. The van der Waals surface area contributed by atoms with E-state index in [4.69, 9.17) is 15.2 Å². The van der Waals surface area contributed by atoms with Crippen LogP contribution in [0, 0.1) is 5.82 Å². The minimum atomic E-state index is -0.541. The van der Waals surface area contributed by atoms with Crippen LogP contribution in [-0.4, -0.2) is 14.2 Å². The first kappa shape index (κ1) is 13.4. The third-order valence-electron chi connectivity index (χ3n) is 3.02. The van der Waals surface area contributed by atoms with Gasteiger partial charge in [-0.25, -0.2) is 4.39 Å². The van der Waals surface area contributed by atoms with Gasteiger partial charge >= 0.3 is 0 Å². The molecule has 1 unspecified atom stereocenters. The largest absolute Gasteiger partial charge is 0.497 e. The molecule has 2 aromatic rings. The highest BCUT2D eigenvalue weighted by Crippen LogP contribution is 2.28. The van der Waals surface area contributed by atoms with Crippen molar-refractivity contribution in [1.29, 1.82) is 0 Å². The van der Waals surface area contributed by atoms with Crippen molar-refractivity contribution in [3.05, 3.63) is 59.4 Å². The zero-order valence-electron chi connectivity index (χ0n) is 10.9. The first-order valence-electron chi connectivity index (χ1n) is 5.89. The fraction of sp³-hybridized carbons (Fsp3) is 0.200. The van der Waals surface area contributed by atoms with Crippen molar-refractivity contribution in [3.63, 3.8) is 0 Å². The molecule has 0 radical (unpaired) electrons. The summed E-state index contributed by atoms with van der Waals surface area (Å²) in [6.45, 7) is 0. The van der Waals surface area contributed by atoms with E-state index in [0.717, 1.165) is 11.3 Å². The van der Waals surface area contributed by atoms with Crippen LogP contribution in [0.2, 0.25) is 0 Å². The molecule has 0 aliphatic carbocycles. The van der Waals surface area contributed by atoms with Crippen molar-refractivity contribution < 1.29 is 13.9 Å². The van der Waals surface area contributed by atoms with Crippen LogP contribution in [0.25, 0.3) is 0 Å². The molecule has 3 nitrogen and oxygen atoms in total. The van der Waals surface area contributed by atoms with E-state index in [0.29, 0.717) is 5.56 Å². The number of nitrogens with two attached hydrogens (primary N) is 1. The smallest absolute Gasteiger partial charge is 0.170 e. The third-order valence-corrected chi connectivity index (χ3v) is 3.02. The van der Waals surface area contributed by atoms with Crippen molar-refractivity contribution in [2.24, 2.45) is 5.73 Å². The normalized spacial score (nSPS) is 12.0. The minimum absolute atomic E-state index is 0.196. The summed E-state index contributed by atoms with van der Waals surface area (Å²) >= 11 is 0. The maximum Gasteiger partial charge on any atom is 0.170 e. The lowest BCUT2D eigenvalue weighted by atomic mass is 9.99. The molecule has 100 valence electrons. The zero-order valence-corrected chi connectivity index (χ0v) is 10.9. The van der Waals surface area contributed by atoms with Gasteiger partial charge in [0, 0.05) is 5.56 Å². The molecule has 2 N–H and O–H groups in total. The summed E-state index contributed by atoms with van der Waals surface area (Å²) < 4.78 is 24.2. The highest BCUT2D eigenvalue weighted by atomic mass is 19.1. The van der Waals surface area contributed by atoms with E-state index in [1.165, 1.54) is 7.11 Å². The number of rotatable bonds is 4. The van der Waals surface area contributed by atoms with Gasteiger partial charge in [-0.3, -0.25) is 0 Å². The summed E-state index contributed by atoms with van der Waals surface area (Å²) in [5, 5.41) is 0. The predicted molar refractivity (Wildman–Crippen MR) is 72.0 cm³/mol. The molecule has 0 amide bonds. The molecule has 2 aromatic carbocycles. The summed E-state index contributed by atoms with van der Waals surface area (Å²) in [5.41, 5.74) is 7.32. The molecule has 0 heterocycles. The van der Waals surface area contributed by atoms with Gasteiger partial charge in [0.15, 0.2) is 11.6 Å². The molecule has 0 aromatic heterocycles. The Morgan fingerprint density at radius 2 is 1.68 bits per heavy atom. The maximum absolute atomic E-state index is 14.1. The number of halogens is 1. The number of methoxy groups -OCH3 is 2. The number of hydrogen-bond acceptors (Lipinski definition) is 3. The van der Waals surface area contributed by atoms with Crippen molar-refractivity contribution in [1.82, 2.24) is 0 Å². The Bertz CT molecular complexity index is 555. The average Bonchev–Trinajstić information content (AvgIpc) is 2.47. The second kappa shape index (κ2) is 5.71. The topological polar surface area (TPSA) is 44.5 Å². The van der Waals surface area contributed by atoms with Gasteiger partial charge in [0.25, 0.3) is 0 Å². The molecule has 0 bridgehead atoms. The van der Waals surface area contributed by atoms with Crippen LogP contribution >= 0.6 is 0 Å². The van der Waals surface area contributed by atoms with Crippen LogP contribution in [0.3, 0.4) is 0 Å². The molecule has 2 rings (SSSR count). The average molecular weight is 261 g/mol. The Hall–Kier alpha value is -2.07. The fourth-order valence-corrected chi connectivity index (χ4v) is 1.92. The third kappa shape index (κ3) is 2.69. The highest BCUT2D eigenvalue weighted by molar-refractivity contribution is 5.39. The molecule has 19 heavy (non-hydrogen) atoms. The van der Waals surface area contributed by atoms with Gasteiger partial charge in [0.1, 0.15) is 5.75 Å². The van der Waals surface area contributed by atoms with Crippen molar-refractivity contribution in [2.75, 3.05) is 14.2 Å². The van der Waals surface area contributed by atoms with Crippen LogP contribution in [0.15, 0.2) is 42.5 Å². The van der Waals surface area contributed by atoms with Crippen LogP contribution in [0.5, 0.6) is 11.5 Å². The molecule has 0 saturated carbocycles. The number of benzene rings is 2. The number of ether oxygens (including phenoxy) is 2. The molecule has 0 saturated heterocycles. The molecule has 0 aliphatic rings. The lowest BCUT2D eigenvalue weighted by Crippen LogP contribution is -2.14. The zero-order chi connectivity index (χ0) is 13.8. The summed E-state index contributed by atoms with van der Waals surface area (Å²) in [6, 6.07) is 11.7. The van der Waals surface area contributed by atoms with Crippen molar-refractivity contribution >= 4 is 0 Å². The maximum atomic E-state index is 14.1. The highest BCUT2D eigenvalue weighted by Gasteiger charge is 2.16. The van der Waals surface area contributed by atoms with E-state index in [9.17, 15) is 4.39 Å². The van der Waals surface area contributed by atoms with Crippen LogP contribution in [-0.2, 0) is 0 Å². The van der Waals surface area contributed by atoms with Crippen LogP contribution < -0.4 is 15.2 Å². The summed E-state index contributed by atoms with van der Waals surface area (Å²) in [6.07, 6.45) is 0. The lowest BCUT2D eigenvalue weighted by molar-refractivity contribution is 0.383. The Kier molecular flexibility index (Phi) is 4.02. The Morgan fingerprint density at radius 3 is 2.26 bits per heavy atom.